The second-order valence-electron chi connectivity index (χ2n) is 7.43. The summed E-state index contributed by atoms with van der Waals surface area (Å²) in [5, 5.41) is 6.08. The number of hydrogen-bond donors (Lipinski definition) is 1. The summed E-state index contributed by atoms with van der Waals surface area (Å²) in [4.78, 5) is 19.6. The molecule has 1 aliphatic rings. The lowest BCUT2D eigenvalue weighted by atomic mass is 9.95. The van der Waals surface area contributed by atoms with Gasteiger partial charge in [0.25, 0.3) is 0 Å². The van der Waals surface area contributed by atoms with Crippen LogP contribution < -0.4 is 5.32 Å². The van der Waals surface area contributed by atoms with Crippen LogP contribution in [0, 0.1) is 12.8 Å². The van der Waals surface area contributed by atoms with Crippen LogP contribution in [0.4, 0.5) is 5.69 Å². The third-order valence-corrected chi connectivity index (χ3v) is 5.94. The van der Waals surface area contributed by atoms with E-state index in [1.54, 1.807) is 6.20 Å². The van der Waals surface area contributed by atoms with E-state index >= 15 is 0 Å². The molecule has 2 heterocycles. The molecule has 0 unspecified atom stereocenters. The molecule has 1 amide bonds. The van der Waals surface area contributed by atoms with Crippen LogP contribution in [0.2, 0.25) is 5.02 Å². The molecule has 0 spiro atoms. The number of fused-ring (bicyclic) bond motifs is 1. The summed E-state index contributed by atoms with van der Waals surface area (Å²) in [5.74, 6) is 0.153. The molecule has 1 fully saturated rings. The Morgan fingerprint density at radius 2 is 1.89 bits per heavy atom. The van der Waals surface area contributed by atoms with E-state index in [9.17, 15) is 4.79 Å². The molecule has 2 aromatic carbocycles. The minimum Gasteiger partial charge on any atom is -0.325 e. The maximum absolute atomic E-state index is 12.8. The number of likely N-dealkylation sites (tertiary alicyclic amines) is 1. The molecule has 1 saturated heterocycles. The Labute approximate surface area is 170 Å². The number of benzene rings is 2. The zero-order chi connectivity index (χ0) is 19.5. The molecule has 4 nitrogen and oxygen atoms in total. The van der Waals surface area contributed by atoms with Crippen molar-refractivity contribution >= 4 is 34.0 Å². The average molecular weight is 394 g/mol. The summed E-state index contributed by atoms with van der Waals surface area (Å²) >= 11 is 6.28. The highest BCUT2D eigenvalue weighted by Crippen LogP contribution is 2.27. The first-order valence-electron chi connectivity index (χ1n) is 9.73. The van der Waals surface area contributed by atoms with Gasteiger partial charge in [0.2, 0.25) is 5.91 Å². The predicted octanol–water partition coefficient (Wildman–Crippen LogP) is 5.05. The summed E-state index contributed by atoms with van der Waals surface area (Å²) in [6.07, 6.45) is 3.52. The number of rotatable bonds is 4. The zero-order valence-electron chi connectivity index (χ0n) is 16.0. The summed E-state index contributed by atoms with van der Waals surface area (Å²) in [6.45, 7) is 4.63. The number of pyridine rings is 1. The zero-order valence-corrected chi connectivity index (χ0v) is 16.7. The molecule has 0 aliphatic carbocycles. The van der Waals surface area contributed by atoms with Gasteiger partial charge in [-0.15, -0.1) is 0 Å². The largest absolute Gasteiger partial charge is 0.325 e. The molecule has 0 atom stereocenters. The van der Waals surface area contributed by atoms with Crippen molar-refractivity contribution in [1.82, 2.24) is 9.88 Å². The van der Waals surface area contributed by atoms with E-state index in [1.165, 1.54) is 0 Å². The fourth-order valence-electron chi connectivity index (χ4n) is 3.92. The minimum absolute atomic E-state index is 0.0423. The van der Waals surface area contributed by atoms with E-state index in [4.69, 9.17) is 11.6 Å². The number of amides is 1. The molecule has 1 N–H and O–H groups in total. The highest BCUT2D eigenvalue weighted by molar-refractivity contribution is 6.31. The third kappa shape index (κ3) is 4.03. The van der Waals surface area contributed by atoms with Gasteiger partial charge >= 0.3 is 0 Å². The summed E-state index contributed by atoms with van der Waals surface area (Å²) in [5.41, 5.74) is 2.99. The van der Waals surface area contributed by atoms with Gasteiger partial charge in [-0.1, -0.05) is 41.9 Å². The standard InChI is InChI=1S/C23H24ClN3O/c1-16-19-6-4-8-22(20(19)9-12-25-16)26-23(28)17-10-13-27(14-11-17)15-18-5-2-3-7-21(18)24/h2-9,12,17H,10-11,13-15H2,1H3,(H,26,28). The van der Waals surface area contributed by atoms with Gasteiger partial charge < -0.3 is 5.32 Å². The molecule has 0 saturated carbocycles. The van der Waals surface area contributed by atoms with Crippen molar-refractivity contribution < 1.29 is 4.79 Å². The molecule has 5 heteroatoms. The minimum atomic E-state index is 0.0423. The smallest absolute Gasteiger partial charge is 0.227 e. The van der Waals surface area contributed by atoms with Crippen LogP contribution in [0.25, 0.3) is 10.8 Å². The Hall–Kier alpha value is -2.43. The molecule has 4 rings (SSSR count). The fourth-order valence-corrected chi connectivity index (χ4v) is 4.11. The Morgan fingerprint density at radius 3 is 2.68 bits per heavy atom. The van der Waals surface area contributed by atoms with E-state index in [1.807, 2.05) is 49.4 Å². The van der Waals surface area contributed by atoms with Crippen LogP contribution in [0.15, 0.2) is 54.7 Å². The molecule has 1 aliphatic heterocycles. The van der Waals surface area contributed by atoms with Crippen molar-refractivity contribution in [3.8, 4) is 0 Å². The topological polar surface area (TPSA) is 45.2 Å². The van der Waals surface area contributed by atoms with Gasteiger partial charge in [0.15, 0.2) is 0 Å². The van der Waals surface area contributed by atoms with Crippen molar-refractivity contribution in [1.29, 1.82) is 0 Å². The number of nitrogens with one attached hydrogen (secondary N) is 1. The van der Waals surface area contributed by atoms with Crippen LogP contribution in [0.5, 0.6) is 0 Å². The van der Waals surface area contributed by atoms with Gasteiger partial charge in [-0.2, -0.15) is 0 Å². The van der Waals surface area contributed by atoms with Crippen molar-refractivity contribution in [3.05, 3.63) is 71.0 Å². The van der Waals surface area contributed by atoms with E-state index in [-0.39, 0.29) is 11.8 Å². The highest BCUT2D eigenvalue weighted by Gasteiger charge is 2.25. The summed E-state index contributed by atoms with van der Waals surface area (Å²) in [7, 11) is 0. The lowest BCUT2D eigenvalue weighted by Gasteiger charge is -2.31. The van der Waals surface area contributed by atoms with Crippen molar-refractivity contribution in [3.63, 3.8) is 0 Å². The number of anilines is 1. The Balaban J connectivity index is 1.38. The van der Waals surface area contributed by atoms with Crippen molar-refractivity contribution in [2.75, 3.05) is 18.4 Å². The van der Waals surface area contributed by atoms with Crippen LogP contribution in [0.1, 0.15) is 24.1 Å². The molecule has 144 valence electrons. The third-order valence-electron chi connectivity index (χ3n) is 5.57. The summed E-state index contributed by atoms with van der Waals surface area (Å²) in [6, 6.07) is 15.9. The van der Waals surface area contributed by atoms with Crippen LogP contribution in [-0.2, 0) is 11.3 Å². The van der Waals surface area contributed by atoms with E-state index < -0.39 is 0 Å². The first kappa shape index (κ1) is 18.9. The molecule has 28 heavy (non-hydrogen) atoms. The molecule has 0 radical (unpaired) electrons. The number of aryl methyl sites for hydroxylation is 1. The molecular weight excluding hydrogens is 370 g/mol. The van der Waals surface area contributed by atoms with E-state index in [0.717, 1.165) is 65.2 Å². The number of aromatic nitrogens is 1. The fraction of sp³-hybridized carbons (Fsp3) is 0.304. The number of halogens is 1. The summed E-state index contributed by atoms with van der Waals surface area (Å²) < 4.78 is 0. The maximum atomic E-state index is 12.8. The van der Waals surface area contributed by atoms with Crippen LogP contribution in [0.3, 0.4) is 0 Å². The van der Waals surface area contributed by atoms with Crippen LogP contribution >= 0.6 is 11.6 Å². The number of carbonyl (C=O) groups is 1. The molecule has 3 aromatic rings. The number of piperidine rings is 1. The quantitative estimate of drug-likeness (QED) is 0.674. The van der Waals surface area contributed by atoms with Gasteiger partial charge in [-0.25, -0.2) is 0 Å². The lowest BCUT2D eigenvalue weighted by molar-refractivity contribution is -0.121. The van der Waals surface area contributed by atoms with Gasteiger partial charge in [0.05, 0.1) is 0 Å². The van der Waals surface area contributed by atoms with E-state index in [0.29, 0.717) is 0 Å². The Bertz CT molecular complexity index is 996. The lowest BCUT2D eigenvalue weighted by Crippen LogP contribution is -2.37. The predicted molar refractivity (Wildman–Crippen MR) is 115 cm³/mol. The Kier molecular flexibility index (Phi) is 5.60. The van der Waals surface area contributed by atoms with Gasteiger partial charge in [-0.3, -0.25) is 14.7 Å². The monoisotopic (exact) mass is 393 g/mol. The van der Waals surface area contributed by atoms with Gasteiger partial charge in [0, 0.05) is 45.8 Å². The second kappa shape index (κ2) is 8.29. The normalized spacial score (nSPS) is 15.6. The molecular formula is C23H24ClN3O. The van der Waals surface area contributed by atoms with Gasteiger partial charge in [-0.05, 0) is 56.6 Å². The average Bonchev–Trinajstić information content (AvgIpc) is 2.71. The van der Waals surface area contributed by atoms with E-state index in [2.05, 4.69) is 21.3 Å². The maximum Gasteiger partial charge on any atom is 0.227 e. The number of nitrogens with zero attached hydrogens (tertiary/aromatic N) is 2. The van der Waals surface area contributed by atoms with Crippen LogP contribution in [-0.4, -0.2) is 28.9 Å². The second-order valence-corrected chi connectivity index (χ2v) is 7.84. The number of carbonyl (C=O) groups excluding carboxylic acids is 1. The van der Waals surface area contributed by atoms with Crippen molar-refractivity contribution in [2.24, 2.45) is 5.92 Å². The highest BCUT2D eigenvalue weighted by atomic mass is 35.5. The Morgan fingerprint density at radius 1 is 1.11 bits per heavy atom. The first-order valence-corrected chi connectivity index (χ1v) is 10.1. The van der Waals surface area contributed by atoms with Gasteiger partial charge in [0.1, 0.15) is 0 Å². The van der Waals surface area contributed by atoms with Crippen molar-refractivity contribution in [2.45, 2.75) is 26.3 Å². The SMILES string of the molecule is Cc1nccc2c(NC(=O)C3CCN(Cc4ccccc4Cl)CC3)cccc12. The molecule has 0 bridgehead atoms. The first-order chi connectivity index (χ1) is 13.6. The number of hydrogen-bond acceptors (Lipinski definition) is 3. The molecule has 1 aromatic heterocycles.